The number of rotatable bonds is 4. The van der Waals surface area contributed by atoms with Crippen LogP contribution in [0.4, 0.5) is 0 Å². The molecule has 2 rings (SSSR count). The standard InChI is InChI=1S/C14H18N4O2/c1-8(2)12(16-10(4)19)14-17-13(18-20-14)11-7-15-6-5-9(11)3/h5-8,12H,1-4H3,(H,16,19)/t12-/m0/s1. The first-order valence-electron chi connectivity index (χ1n) is 6.50. The highest BCUT2D eigenvalue weighted by atomic mass is 16.5. The summed E-state index contributed by atoms with van der Waals surface area (Å²) in [6.45, 7) is 7.40. The minimum Gasteiger partial charge on any atom is -0.344 e. The molecule has 0 spiro atoms. The van der Waals surface area contributed by atoms with Crippen molar-refractivity contribution in [3.63, 3.8) is 0 Å². The first-order chi connectivity index (χ1) is 9.49. The van der Waals surface area contributed by atoms with Crippen LogP contribution in [0.1, 0.15) is 38.3 Å². The van der Waals surface area contributed by atoms with E-state index in [0.717, 1.165) is 11.1 Å². The summed E-state index contributed by atoms with van der Waals surface area (Å²) in [4.78, 5) is 19.7. The van der Waals surface area contributed by atoms with Gasteiger partial charge in [0.1, 0.15) is 6.04 Å². The number of amides is 1. The van der Waals surface area contributed by atoms with E-state index in [9.17, 15) is 4.79 Å². The van der Waals surface area contributed by atoms with Crippen LogP contribution >= 0.6 is 0 Å². The van der Waals surface area contributed by atoms with Crippen LogP contribution in [0.25, 0.3) is 11.4 Å². The Bertz CT molecular complexity index is 607. The summed E-state index contributed by atoms with van der Waals surface area (Å²) in [5, 5.41) is 6.80. The van der Waals surface area contributed by atoms with E-state index in [-0.39, 0.29) is 17.9 Å². The fraction of sp³-hybridized carbons (Fsp3) is 0.429. The molecule has 2 aromatic heterocycles. The lowest BCUT2D eigenvalue weighted by Crippen LogP contribution is -2.29. The molecule has 6 heteroatoms. The average molecular weight is 274 g/mol. The highest BCUT2D eigenvalue weighted by Crippen LogP contribution is 2.24. The average Bonchev–Trinajstić information content (AvgIpc) is 2.85. The van der Waals surface area contributed by atoms with Crippen LogP contribution in [-0.2, 0) is 4.79 Å². The van der Waals surface area contributed by atoms with E-state index in [1.807, 2.05) is 26.8 Å². The van der Waals surface area contributed by atoms with E-state index in [1.54, 1.807) is 12.4 Å². The van der Waals surface area contributed by atoms with Crippen molar-refractivity contribution in [3.8, 4) is 11.4 Å². The van der Waals surface area contributed by atoms with Crippen LogP contribution in [0.5, 0.6) is 0 Å². The number of hydrogen-bond acceptors (Lipinski definition) is 5. The highest BCUT2D eigenvalue weighted by molar-refractivity contribution is 5.73. The zero-order valence-corrected chi connectivity index (χ0v) is 12.0. The quantitative estimate of drug-likeness (QED) is 0.925. The van der Waals surface area contributed by atoms with Gasteiger partial charge in [0.25, 0.3) is 0 Å². The summed E-state index contributed by atoms with van der Waals surface area (Å²) in [6, 6.07) is 1.60. The number of aromatic nitrogens is 3. The topological polar surface area (TPSA) is 80.9 Å². The van der Waals surface area contributed by atoms with Crippen LogP contribution in [0.15, 0.2) is 23.0 Å². The van der Waals surface area contributed by atoms with Crippen LogP contribution < -0.4 is 5.32 Å². The Hall–Kier alpha value is -2.24. The number of hydrogen-bond donors (Lipinski definition) is 1. The number of pyridine rings is 1. The number of aryl methyl sites for hydroxylation is 1. The molecular weight excluding hydrogens is 256 g/mol. The number of carbonyl (C=O) groups is 1. The van der Waals surface area contributed by atoms with E-state index in [2.05, 4.69) is 20.4 Å². The normalized spacial score (nSPS) is 12.4. The van der Waals surface area contributed by atoms with Gasteiger partial charge in [0.05, 0.1) is 0 Å². The Morgan fingerprint density at radius 3 is 2.75 bits per heavy atom. The van der Waals surface area contributed by atoms with Crippen molar-refractivity contribution < 1.29 is 9.32 Å². The first kappa shape index (κ1) is 14.2. The summed E-state index contributed by atoms with van der Waals surface area (Å²) < 4.78 is 5.29. The first-order valence-corrected chi connectivity index (χ1v) is 6.50. The van der Waals surface area contributed by atoms with Crippen LogP contribution in [0.3, 0.4) is 0 Å². The molecule has 106 valence electrons. The van der Waals surface area contributed by atoms with Gasteiger partial charge in [-0.25, -0.2) is 0 Å². The molecular formula is C14H18N4O2. The summed E-state index contributed by atoms with van der Waals surface area (Å²) in [6.07, 6.45) is 3.42. The van der Waals surface area contributed by atoms with Gasteiger partial charge in [-0.05, 0) is 24.5 Å². The second kappa shape index (κ2) is 5.81. The maximum Gasteiger partial charge on any atom is 0.249 e. The fourth-order valence-electron chi connectivity index (χ4n) is 1.90. The Morgan fingerprint density at radius 1 is 1.40 bits per heavy atom. The van der Waals surface area contributed by atoms with Gasteiger partial charge in [0, 0.05) is 24.9 Å². The second-order valence-electron chi connectivity index (χ2n) is 5.07. The van der Waals surface area contributed by atoms with Crippen molar-refractivity contribution in [2.75, 3.05) is 0 Å². The van der Waals surface area contributed by atoms with Gasteiger partial charge in [-0.3, -0.25) is 9.78 Å². The summed E-state index contributed by atoms with van der Waals surface area (Å²) in [7, 11) is 0. The van der Waals surface area contributed by atoms with Crippen LogP contribution in [0, 0.1) is 12.8 Å². The Morgan fingerprint density at radius 2 is 2.15 bits per heavy atom. The van der Waals surface area contributed by atoms with E-state index >= 15 is 0 Å². The lowest BCUT2D eigenvalue weighted by molar-refractivity contribution is -0.120. The van der Waals surface area contributed by atoms with E-state index in [1.165, 1.54) is 6.92 Å². The predicted octanol–water partition coefficient (Wildman–Crippen LogP) is 2.27. The van der Waals surface area contributed by atoms with Crippen LogP contribution in [0.2, 0.25) is 0 Å². The van der Waals surface area contributed by atoms with E-state index in [4.69, 9.17) is 4.52 Å². The van der Waals surface area contributed by atoms with Crippen molar-refractivity contribution in [1.82, 2.24) is 20.4 Å². The third-order valence-electron chi connectivity index (χ3n) is 3.01. The van der Waals surface area contributed by atoms with Gasteiger partial charge in [-0.1, -0.05) is 19.0 Å². The van der Waals surface area contributed by atoms with Gasteiger partial charge >= 0.3 is 0 Å². The molecule has 0 saturated carbocycles. The lowest BCUT2D eigenvalue weighted by Gasteiger charge is -2.17. The molecule has 0 fully saturated rings. The van der Waals surface area contributed by atoms with Gasteiger partial charge in [0.15, 0.2) is 0 Å². The number of nitrogens with one attached hydrogen (secondary N) is 1. The Labute approximate surface area is 117 Å². The van der Waals surface area contributed by atoms with Crippen molar-refractivity contribution in [1.29, 1.82) is 0 Å². The summed E-state index contributed by atoms with van der Waals surface area (Å²) in [5.41, 5.74) is 1.85. The SMILES string of the molecule is CC(=O)N[C@H](c1nc(-c2cnccc2C)no1)C(C)C. The molecule has 2 heterocycles. The maximum absolute atomic E-state index is 11.3. The third kappa shape index (κ3) is 3.01. The molecule has 0 saturated heterocycles. The van der Waals surface area contributed by atoms with Crippen LogP contribution in [-0.4, -0.2) is 21.0 Å². The molecule has 0 bridgehead atoms. The summed E-state index contributed by atoms with van der Waals surface area (Å²) in [5.74, 6) is 0.929. The zero-order valence-electron chi connectivity index (χ0n) is 12.0. The Kier molecular flexibility index (Phi) is 4.12. The molecule has 0 radical (unpaired) electrons. The van der Waals surface area contributed by atoms with Crippen molar-refractivity contribution >= 4 is 5.91 Å². The summed E-state index contributed by atoms with van der Waals surface area (Å²) >= 11 is 0. The minimum atomic E-state index is -0.286. The monoisotopic (exact) mass is 274 g/mol. The second-order valence-corrected chi connectivity index (χ2v) is 5.07. The predicted molar refractivity (Wildman–Crippen MR) is 73.7 cm³/mol. The smallest absolute Gasteiger partial charge is 0.249 e. The van der Waals surface area contributed by atoms with Crippen molar-refractivity contribution in [3.05, 3.63) is 29.9 Å². The molecule has 1 N–H and O–H groups in total. The van der Waals surface area contributed by atoms with Crippen molar-refractivity contribution in [2.24, 2.45) is 5.92 Å². The molecule has 6 nitrogen and oxygen atoms in total. The van der Waals surface area contributed by atoms with Gasteiger partial charge in [-0.15, -0.1) is 0 Å². The number of carbonyl (C=O) groups excluding carboxylic acids is 1. The third-order valence-corrected chi connectivity index (χ3v) is 3.01. The van der Waals surface area contributed by atoms with E-state index < -0.39 is 0 Å². The molecule has 0 aliphatic heterocycles. The molecule has 0 unspecified atom stereocenters. The van der Waals surface area contributed by atoms with Crippen molar-refractivity contribution in [2.45, 2.75) is 33.7 Å². The van der Waals surface area contributed by atoms with E-state index in [0.29, 0.717) is 11.7 Å². The molecule has 0 aliphatic carbocycles. The largest absolute Gasteiger partial charge is 0.344 e. The molecule has 20 heavy (non-hydrogen) atoms. The highest BCUT2D eigenvalue weighted by Gasteiger charge is 2.24. The van der Waals surface area contributed by atoms with Gasteiger partial charge in [-0.2, -0.15) is 4.98 Å². The fourth-order valence-corrected chi connectivity index (χ4v) is 1.90. The molecule has 1 atom stereocenters. The Balaban J connectivity index is 2.32. The number of nitrogens with zero attached hydrogens (tertiary/aromatic N) is 3. The van der Waals surface area contributed by atoms with Gasteiger partial charge in [0.2, 0.25) is 17.6 Å². The lowest BCUT2D eigenvalue weighted by atomic mass is 10.0. The molecule has 2 aromatic rings. The zero-order chi connectivity index (χ0) is 14.7. The maximum atomic E-state index is 11.3. The molecule has 0 aliphatic rings. The molecule has 0 aromatic carbocycles. The van der Waals surface area contributed by atoms with Gasteiger partial charge < -0.3 is 9.84 Å². The minimum absolute atomic E-state index is 0.124. The molecule has 1 amide bonds.